The second-order valence-electron chi connectivity index (χ2n) is 8.72. The minimum absolute atomic E-state index is 0.0163. The van der Waals surface area contributed by atoms with Crippen LogP contribution in [0.15, 0.2) is 54.7 Å². The van der Waals surface area contributed by atoms with Crippen LogP contribution in [0.2, 0.25) is 5.02 Å². The molecule has 0 radical (unpaired) electrons. The first-order chi connectivity index (χ1) is 18.7. The van der Waals surface area contributed by atoms with Crippen molar-refractivity contribution in [3.05, 3.63) is 93.8 Å². The molecule has 0 aliphatic carbocycles. The molecule has 3 aromatic heterocycles. The first kappa shape index (κ1) is 26.2. The lowest BCUT2D eigenvalue weighted by Gasteiger charge is -2.11. The van der Waals surface area contributed by atoms with Crippen molar-refractivity contribution in [2.24, 2.45) is 0 Å². The van der Waals surface area contributed by atoms with Crippen LogP contribution in [-0.2, 0) is 6.54 Å². The molecule has 0 saturated carbocycles. The Morgan fingerprint density at radius 2 is 1.92 bits per heavy atom. The monoisotopic (exact) mass is 554 g/mol. The van der Waals surface area contributed by atoms with E-state index in [9.17, 15) is 18.0 Å². The number of methoxy groups -OCH3 is 1. The zero-order valence-corrected chi connectivity index (χ0v) is 21.8. The van der Waals surface area contributed by atoms with Gasteiger partial charge in [0.15, 0.2) is 5.65 Å². The zero-order chi connectivity index (χ0) is 27.8. The summed E-state index contributed by atoms with van der Waals surface area (Å²) in [7, 11) is 1.47. The van der Waals surface area contributed by atoms with Crippen LogP contribution in [0.25, 0.3) is 16.9 Å². The fourth-order valence-electron chi connectivity index (χ4n) is 4.34. The van der Waals surface area contributed by atoms with E-state index in [0.717, 1.165) is 4.52 Å². The van der Waals surface area contributed by atoms with Crippen molar-refractivity contribution in [2.75, 3.05) is 12.4 Å². The van der Waals surface area contributed by atoms with E-state index in [2.05, 4.69) is 20.5 Å². The number of nitrogens with zero attached hydrogens (tertiary/aromatic N) is 5. The summed E-state index contributed by atoms with van der Waals surface area (Å²) in [5.41, 5.74) is 1.86. The maximum absolute atomic E-state index is 14.3. The van der Waals surface area contributed by atoms with Gasteiger partial charge in [-0.3, -0.25) is 9.48 Å². The number of rotatable bonds is 7. The predicted octanol–water partition coefficient (Wildman–Crippen LogP) is 6.25. The lowest BCUT2D eigenvalue weighted by molar-refractivity contribution is 0.102. The Labute approximate surface area is 226 Å². The van der Waals surface area contributed by atoms with Crippen LogP contribution in [0.4, 0.5) is 18.9 Å². The van der Waals surface area contributed by atoms with Crippen molar-refractivity contribution in [1.29, 1.82) is 0 Å². The summed E-state index contributed by atoms with van der Waals surface area (Å²) in [6.07, 6.45) is -1.70. The van der Waals surface area contributed by atoms with E-state index >= 15 is 0 Å². The molecular formula is C27H22ClF3N6O2. The van der Waals surface area contributed by atoms with Crippen LogP contribution < -0.4 is 10.1 Å². The number of halogens is 4. The van der Waals surface area contributed by atoms with Crippen LogP contribution in [0.1, 0.15) is 39.4 Å². The maximum atomic E-state index is 14.3. The van der Waals surface area contributed by atoms with E-state index in [4.69, 9.17) is 16.3 Å². The first-order valence-electron chi connectivity index (χ1n) is 11.8. The maximum Gasteiger partial charge on any atom is 0.280 e. The zero-order valence-electron chi connectivity index (χ0n) is 21.0. The largest absolute Gasteiger partial charge is 0.496 e. The Morgan fingerprint density at radius 3 is 2.64 bits per heavy atom. The van der Waals surface area contributed by atoms with E-state index < -0.39 is 23.8 Å². The third-order valence-electron chi connectivity index (χ3n) is 6.34. The van der Waals surface area contributed by atoms with Crippen molar-refractivity contribution < 1.29 is 22.7 Å². The van der Waals surface area contributed by atoms with Gasteiger partial charge in [0.25, 0.3) is 12.3 Å². The fraction of sp³-hybridized carbons (Fsp3) is 0.185. The summed E-state index contributed by atoms with van der Waals surface area (Å²) >= 11 is 6.17. The molecule has 2 aromatic carbocycles. The molecule has 0 saturated heterocycles. The molecule has 1 amide bonds. The molecule has 1 N–H and O–H groups in total. The quantitative estimate of drug-likeness (QED) is 0.257. The van der Waals surface area contributed by atoms with Gasteiger partial charge in [0, 0.05) is 16.1 Å². The molecule has 8 nitrogen and oxygen atoms in total. The van der Waals surface area contributed by atoms with Gasteiger partial charge >= 0.3 is 0 Å². The Hall–Kier alpha value is -4.38. The molecule has 0 atom stereocenters. The highest BCUT2D eigenvalue weighted by Gasteiger charge is 2.24. The highest BCUT2D eigenvalue weighted by Crippen LogP contribution is 2.32. The third-order valence-corrected chi connectivity index (χ3v) is 6.69. The number of amides is 1. The normalized spacial score (nSPS) is 11.4. The molecule has 0 spiro atoms. The van der Waals surface area contributed by atoms with E-state index in [1.54, 1.807) is 44.2 Å². The van der Waals surface area contributed by atoms with Crippen LogP contribution in [0.5, 0.6) is 5.75 Å². The van der Waals surface area contributed by atoms with Gasteiger partial charge in [-0.15, -0.1) is 0 Å². The van der Waals surface area contributed by atoms with Crippen molar-refractivity contribution in [3.63, 3.8) is 0 Å². The standard InChI is InChI=1S/C27H22ClF3N6O2/c1-14-24(15(2)36(35-14)13-18-19(28)8-6-9-20(18)29)34-27(38)17-12-32-37-22(25(30)31)11-21(33-26(17)37)16-7-4-5-10-23(16)39-3/h4-12,25H,13H2,1-3H3,(H,34,38). The summed E-state index contributed by atoms with van der Waals surface area (Å²) < 4.78 is 50.2. The van der Waals surface area contributed by atoms with Gasteiger partial charge in [-0.05, 0) is 44.2 Å². The Bertz CT molecular complexity index is 1700. The molecular weight excluding hydrogens is 533 g/mol. The van der Waals surface area contributed by atoms with Crippen LogP contribution in [0.3, 0.4) is 0 Å². The highest BCUT2D eigenvalue weighted by atomic mass is 35.5. The molecule has 200 valence electrons. The van der Waals surface area contributed by atoms with E-state index in [1.165, 1.54) is 36.2 Å². The fourth-order valence-corrected chi connectivity index (χ4v) is 4.56. The Balaban J connectivity index is 1.53. The number of aromatic nitrogens is 5. The second-order valence-corrected chi connectivity index (χ2v) is 9.13. The lowest BCUT2D eigenvalue weighted by atomic mass is 10.1. The highest BCUT2D eigenvalue weighted by molar-refractivity contribution is 6.31. The molecule has 5 rings (SSSR count). The van der Waals surface area contributed by atoms with Crippen molar-refractivity contribution in [3.8, 4) is 17.0 Å². The number of ether oxygens (including phenoxy) is 1. The third kappa shape index (κ3) is 4.81. The number of benzene rings is 2. The number of carbonyl (C=O) groups excluding carboxylic acids is 1. The topological polar surface area (TPSA) is 86.3 Å². The van der Waals surface area contributed by atoms with Crippen molar-refractivity contribution >= 4 is 28.8 Å². The van der Waals surface area contributed by atoms with Gasteiger partial charge in [0.2, 0.25) is 0 Å². The number of fused-ring (bicyclic) bond motifs is 1. The Morgan fingerprint density at radius 1 is 1.15 bits per heavy atom. The molecule has 12 heteroatoms. The predicted molar refractivity (Wildman–Crippen MR) is 140 cm³/mol. The average molecular weight is 555 g/mol. The van der Waals surface area contributed by atoms with Gasteiger partial charge in [-0.25, -0.2) is 22.7 Å². The van der Waals surface area contributed by atoms with E-state index in [1.807, 2.05) is 0 Å². The Kier molecular flexibility index (Phi) is 7.00. The molecule has 39 heavy (non-hydrogen) atoms. The second kappa shape index (κ2) is 10.4. The van der Waals surface area contributed by atoms with E-state index in [-0.39, 0.29) is 34.0 Å². The van der Waals surface area contributed by atoms with Crippen LogP contribution in [-0.4, -0.2) is 37.4 Å². The number of alkyl halides is 2. The number of anilines is 1. The number of hydrogen-bond acceptors (Lipinski definition) is 5. The summed E-state index contributed by atoms with van der Waals surface area (Å²) in [5.74, 6) is -0.656. The first-order valence-corrected chi connectivity index (χ1v) is 12.2. The van der Waals surface area contributed by atoms with Crippen molar-refractivity contribution in [1.82, 2.24) is 24.4 Å². The summed E-state index contributed by atoms with van der Waals surface area (Å²) in [5, 5.41) is 11.5. The number of para-hydroxylation sites is 1. The minimum Gasteiger partial charge on any atom is -0.496 e. The van der Waals surface area contributed by atoms with Gasteiger partial charge in [-0.1, -0.05) is 29.8 Å². The SMILES string of the molecule is COc1ccccc1-c1cc(C(F)F)n2ncc(C(=O)Nc3c(C)nn(Cc4c(F)cccc4Cl)c3C)c2n1. The minimum atomic E-state index is -2.88. The van der Waals surface area contributed by atoms with Crippen LogP contribution >= 0.6 is 11.6 Å². The molecule has 0 aliphatic rings. The number of carbonyl (C=O) groups is 1. The summed E-state index contributed by atoms with van der Waals surface area (Å²) in [6, 6.07) is 12.5. The number of nitrogens with one attached hydrogen (secondary N) is 1. The molecule has 5 aromatic rings. The molecule has 0 unspecified atom stereocenters. The molecule has 0 aliphatic heterocycles. The average Bonchev–Trinajstić information content (AvgIpc) is 3.46. The summed E-state index contributed by atoms with van der Waals surface area (Å²) in [6.45, 7) is 3.45. The van der Waals surface area contributed by atoms with Gasteiger partial charge in [0.05, 0.1) is 42.6 Å². The lowest BCUT2D eigenvalue weighted by Crippen LogP contribution is -2.14. The van der Waals surface area contributed by atoms with Gasteiger partial charge in [0.1, 0.15) is 22.8 Å². The molecule has 0 fully saturated rings. The summed E-state index contributed by atoms with van der Waals surface area (Å²) in [4.78, 5) is 17.9. The molecule has 3 heterocycles. The van der Waals surface area contributed by atoms with Gasteiger partial charge in [-0.2, -0.15) is 10.2 Å². The van der Waals surface area contributed by atoms with Crippen molar-refractivity contribution in [2.45, 2.75) is 26.8 Å². The smallest absolute Gasteiger partial charge is 0.280 e. The molecule has 0 bridgehead atoms. The van der Waals surface area contributed by atoms with Gasteiger partial charge < -0.3 is 10.1 Å². The number of aryl methyl sites for hydroxylation is 1. The van der Waals surface area contributed by atoms with Crippen LogP contribution in [0, 0.1) is 19.7 Å². The van der Waals surface area contributed by atoms with E-state index in [0.29, 0.717) is 28.4 Å². The number of hydrogen-bond donors (Lipinski definition) is 1.